The average Bonchev–Trinajstić information content (AvgIpc) is 2.72. The molecule has 0 aliphatic rings. The Morgan fingerprint density at radius 3 is 2.39 bits per heavy atom. The maximum absolute atomic E-state index is 12.5. The normalized spacial score (nSPS) is 11.5. The number of fused-ring (bicyclic) bond motifs is 1. The zero-order valence-corrected chi connectivity index (χ0v) is 18.3. The summed E-state index contributed by atoms with van der Waals surface area (Å²) in [6, 6.07) is 9.60. The number of nitrogens with one attached hydrogen (secondary N) is 1. The molecule has 3 aromatic rings. The summed E-state index contributed by atoms with van der Waals surface area (Å²) in [4.78, 5) is 24.8. The van der Waals surface area contributed by atoms with Crippen LogP contribution in [0.1, 0.15) is 28.7 Å². The van der Waals surface area contributed by atoms with Crippen molar-refractivity contribution in [2.45, 2.75) is 38.1 Å². The molecule has 0 bridgehead atoms. The lowest BCUT2D eigenvalue weighted by molar-refractivity contribution is -0.121. The third-order valence-electron chi connectivity index (χ3n) is 5.22. The molecule has 0 spiro atoms. The SMILES string of the molecule is COc1ccc2c(C)c(CCC(=O)NCc3ccc(S(N)(=O)=O)cc3)c(=O)oc2c1C. The van der Waals surface area contributed by atoms with Crippen molar-refractivity contribution in [2.24, 2.45) is 5.14 Å². The van der Waals surface area contributed by atoms with E-state index in [2.05, 4.69) is 5.32 Å². The van der Waals surface area contributed by atoms with Crippen LogP contribution in [0.25, 0.3) is 11.0 Å². The largest absolute Gasteiger partial charge is 0.496 e. The fourth-order valence-corrected chi connectivity index (χ4v) is 3.92. The van der Waals surface area contributed by atoms with Gasteiger partial charge < -0.3 is 14.5 Å². The second-order valence-electron chi connectivity index (χ2n) is 7.23. The Balaban J connectivity index is 1.68. The number of sulfonamides is 1. The number of methoxy groups -OCH3 is 1. The molecular weight excluding hydrogens is 420 g/mol. The van der Waals surface area contributed by atoms with Gasteiger partial charge in [-0.3, -0.25) is 4.79 Å². The van der Waals surface area contributed by atoms with Gasteiger partial charge in [-0.1, -0.05) is 12.1 Å². The van der Waals surface area contributed by atoms with Crippen LogP contribution in [0.5, 0.6) is 5.75 Å². The zero-order valence-electron chi connectivity index (χ0n) is 17.5. The summed E-state index contributed by atoms with van der Waals surface area (Å²) in [5.74, 6) is 0.402. The zero-order chi connectivity index (χ0) is 22.8. The van der Waals surface area contributed by atoms with Crippen molar-refractivity contribution in [1.82, 2.24) is 5.32 Å². The van der Waals surface area contributed by atoms with Crippen LogP contribution < -0.4 is 20.8 Å². The van der Waals surface area contributed by atoms with Gasteiger partial charge in [0.2, 0.25) is 15.9 Å². The van der Waals surface area contributed by atoms with Gasteiger partial charge in [0, 0.05) is 29.5 Å². The summed E-state index contributed by atoms with van der Waals surface area (Å²) in [6.45, 7) is 3.89. The van der Waals surface area contributed by atoms with Crippen LogP contribution >= 0.6 is 0 Å². The Kier molecular flexibility index (Phi) is 6.47. The third kappa shape index (κ3) is 4.95. The molecule has 0 aliphatic heterocycles. The molecule has 1 aromatic heterocycles. The van der Waals surface area contributed by atoms with Crippen LogP contribution in [0.15, 0.2) is 50.5 Å². The molecule has 0 aliphatic carbocycles. The van der Waals surface area contributed by atoms with Crippen molar-refractivity contribution in [3.8, 4) is 5.75 Å². The molecule has 0 saturated heterocycles. The standard InChI is InChI=1S/C22H24N2O6S/c1-13-17-8-10-19(29-3)14(2)21(17)30-22(26)18(13)9-11-20(25)24-12-15-4-6-16(7-5-15)31(23,27)28/h4-8,10H,9,11-12H2,1-3H3,(H,24,25)(H2,23,27,28). The first kappa shape index (κ1) is 22.5. The number of aryl methyl sites for hydroxylation is 2. The highest BCUT2D eigenvalue weighted by molar-refractivity contribution is 7.89. The predicted molar refractivity (Wildman–Crippen MR) is 116 cm³/mol. The van der Waals surface area contributed by atoms with Gasteiger partial charge in [0.25, 0.3) is 0 Å². The lowest BCUT2D eigenvalue weighted by Crippen LogP contribution is -2.24. The molecule has 2 aromatic carbocycles. The molecule has 1 amide bonds. The highest BCUT2D eigenvalue weighted by atomic mass is 32.2. The van der Waals surface area contributed by atoms with Crippen LogP contribution in [0.4, 0.5) is 0 Å². The van der Waals surface area contributed by atoms with Crippen LogP contribution in [0, 0.1) is 13.8 Å². The van der Waals surface area contributed by atoms with E-state index in [1.165, 1.54) is 12.1 Å². The van der Waals surface area contributed by atoms with E-state index >= 15 is 0 Å². The molecule has 0 radical (unpaired) electrons. The minimum Gasteiger partial charge on any atom is -0.496 e. The lowest BCUT2D eigenvalue weighted by atomic mass is 10.0. The molecule has 0 saturated carbocycles. The first-order valence-electron chi connectivity index (χ1n) is 9.60. The number of nitrogens with two attached hydrogens (primary N) is 1. The summed E-state index contributed by atoms with van der Waals surface area (Å²) in [5.41, 5.74) is 2.74. The molecule has 164 valence electrons. The third-order valence-corrected chi connectivity index (χ3v) is 6.15. The van der Waals surface area contributed by atoms with E-state index in [1.807, 2.05) is 26.0 Å². The maximum Gasteiger partial charge on any atom is 0.339 e. The van der Waals surface area contributed by atoms with E-state index in [4.69, 9.17) is 14.3 Å². The fourth-order valence-electron chi connectivity index (χ4n) is 3.41. The Hall–Kier alpha value is -3.17. The Bertz CT molecular complexity index is 1290. The van der Waals surface area contributed by atoms with Gasteiger partial charge in [0.05, 0.1) is 12.0 Å². The van der Waals surface area contributed by atoms with Gasteiger partial charge >= 0.3 is 5.63 Å². The van der Waals surface area contributed by atoms with E-state index in [0.29, 0.717) is 16.9 Å². The van der Waals surface area contributed by atoms with Crippen molar-refractivity contribution in [2.75, 3.05) is 7.11 Å². The molecule has 8 nitrogen and oxygen atoms in total. The molecular formula is C22H24N2O6S. The molecule has 3 N–H and O–H groups in total. The molecule has 3 rings (SSSR count). The summed E-state index contributed by atoms with van der Waals surface area (Å²) >= 11 is 0. The second-order valence-corrected chi connectivity index (χ2v) is 8.79. The average molecular weight is 445 g/mol. The predicted octanol–water partition coefficient (Wildman–Crippen LogP) is 2.31. The van der Waals surface area contributed by atoms with E-state index in [0.717, 1.165) is 22.1 Å². The smallest absolute Gasteiger partial charge is 0.339 e. The van der Waals surface area contributed by atoms with Gasteiger partial charge in [-0.2, -0.15) is 0 Å². The summed E-state index contributed by atoms with van der Waals surface area (Å²) in [6.07, 6.45) is 0.354. The number of rotatable bonds is 7. The van der Waals surface area contributed by atoms with Gasteiger partial charge in [0.15, 0.2) is 0 Å². The van der Waals surface area contributed by atoms with E-state index in [9.17, 15) is 18.0 Å². The monoisotopic (exact) mass is 444 g/mol. The lowest BCUT2D eigenvalue weighted by Gasteiger charge is -2.11. The number of hydrogen-bond donors (Lipinski definition) is 2. The summed E-state index contributed by atoms with van der Waals surface area (Å²) in [5, 5.41) is 8.64. The van der Waals surface area contributed by atoms with Gasteiger partial charge in [-0.15, -0.1) is 0 Å². The van der Waals surface area contributed by atoms with Gasteiger partial charge in [0.1, 0.15) is 11.3 Å². The van der Waals surface area contributed by atoms with Crippen LogP contribution in [-0.2, 0) is 27.8 Å². The fraction of sp³-hybridized carbons (Fsp3) is 0.273. The summed E-state index contributed by atoms with van der Waals surface area (Å²) < 4.78 is 33.4. The Morgan fingerprint density at radius 1 is 1.10 bits per heavy atom. The molecule has 0 fully saturated rings. The molecule has 31 heavy (non-hydrogen) atoms. The quantitative estimate of drug-likeness (QED) is 0.538. The van der Waals surface area contributed by atoms with Gasteiger partial charge in [-0.05, 0) is 55.7 Å². The number of primary sulfonamides is 1. The topological polar surface area (TPSA) is 129 Å². The first-order valence-corrected chi connectivity index (χ1v) is 11.1. The Morgan fingerprint density at radius 2 is 1.77 bits per heavy atom. The van der Waals surface area contributed by atoms with E-state index < -0.39 is 15.6 Å². The number of amides is 1. The van der Waals surface area contributed by atoms with Gasteiger partial charge in [-0.25, -0.2) is 18.4 Å². The molecule has 0 atom stereocenters. The first-order chi connectivity index (χ1) is 14.6. The molecule has 1 heterocycles. The van der Waals surface area contributed by atoms with E-state index in [-0.39, 0.29) is 30.2 Å². The summed E-state index contributed by atoms with van der Waals surface area (Å²) in [7, 11) is -2.20. The minimum atomic E-state index is -3.75. The number of carbonyl (C=O) groups is 1. The molecule has 0 unspecified atom stereocenters. The number of ether oxygens (including phenoxy) is 1. The van der Waals surface area contributed by atoms with Crippen LogP contribution in [-0.4, -0.2) is 21.4 Å². The number of benzene rings is 2. The van der Waals surface area contributed by atoms with Crippen LogP contribution in [0.2, 0.25) is 0 Å². The maximum atomic E-state index is 12.5. The molecule has 9 heteroatoms. The van der Waals surface area contributed by atoms with Crippen LogP contribution in [0.3, 0.4) is 0 Å². The minimum absolute atomic E-state index is 0.00828. The van der Waals surface area contributed by atoms with Crippen molar-refractivity contribution in [3.63, 3.8) is 0 Å². The Labute approximate surface area is 180 Å². The highest BCUT2D eigenvalue weighted by Crippen LogP contribution is 2.29. The van der Waals surface area contributed by atoms with Crippen molar-refractivity contribution in [1.29, 1.82) is 0 Å². The second kappa shape index (κ2) is 8.91. The number of hydrogen-bond acceptors (Lipinski definition) is 6. The van der Waals surface area contributed by atoms with E-state index in [1.54, 1.807) is 19.2 Å². The van der Waals surface area contributed by atoms with Crippen molar-refractivity contribution < 1.29 is 22.4 Å². The number of carbonyl (C=O) groups excluding carboxylic acids is 1. The highest BCUT2D eigenvalue weighted by Gasteiger charge is 2.16. The van der Waals surface area contributed by atoms with Crippen molar-refractivity contribution in [3.05, 3.63) is 69.1 Å². The van der Waals surface area contributed by atoms with Crippen molar-refractivity contribution >= 4 is 26.9 Å².